The van der Waals surface area contributed by atoms with Crippen molar-refractivity contribution in [3.8, 4) is 0 Å². The summed E-state index contributed by atoms with van der Waals surface area (Å²) in [6, 6.07) is 9.49. The molecule has 0 aliphatic heterocycles. The Morgan fingerprint density at radius 1 is 1.20 bits per heavy atom. The van der Waals surface area contributed by atoms with Crippen molar-refractivity contribution < 1.29 is 0 Å². The first-order valence-corrected chi connectivity index (χ1v) is 7.53. The maximum atomic E-state index is 6.20. The van der Waals surface area contributed by atoms with E-state index < -0.39 is 0 Å². The third-order valence-electron chi connectivity index (χ3n) is 3.11. The highest BCUT2D eigenvalue weighted by Crippen LogP contribution is 2.25. The zero-order chi connectivity index (χ0) is 14.3. The fourth-order valence-corrected chi connectivity index (χ4v) is 3.15. The second kappa shape index (κ2) is 5.35. The summed E-state index contributed by atoms with van der Waals surface area (Å²) in [6.45, 7) is 2.57. The highest BCUT2D eigenvalue weighted by Gasteiger charge is 2.10. The first-order chi connectivity index (χ1) is 9.54. The van der Waals surface area contributed by atoms with E-state index in [4.69, 9.17) is 23.2 Å². The Morgan fingerprint density at radius 3 is 2.75 bits per heavy atom. The summed E-state index contributed by atoms with van der Waals surface area (Å²) in [5.41, 5.74) is 3.92. The molecule has 0 bridgehead atoms. The normalized spacial score (nSPS) is 11.2. The maximum absolute atomic E-state index is 6.20. The van der Waals surface area contributed by atoms with Gasteiger partial charge in [-0.05, 0) is 42.3 Å². The molecule has 6 heteroatoms. The summed E-state index contributed by atoms with van der Waals surface area (Å²) in [7, 11) is 0. The van der Waals surface area contributed by atoms with Crippen molar-refractivity contribution >= 4 is 50.2 Å². The van der Waals surface area contributed by atoms with E-state index in [1.807, 2.05) is 35.9 Å². The summed E-state index contributed by atoms with van der Waals surface area (Å²) in [5, 5.41) is 9.69. The van der Waals surface area contributed by atoms with Crippen molar-refractivity contribution in [1.29, 1.82) is 0 Å². The minimum Gasteiger partial charge on any atom is -0.240 e. The van der Waals surface area contributed by atoms with Gasteiger partial charge in [-0.1, -0.05) is 50.4 Å². The van der Waals surface area contributed by atoms with E-state index in [9.17, 15) is 0 Å². The molecule has 102 valence electrons. The number of aromatic nitrogens is 3. The average Bonchev–Trinajstić information content (AvgIpc) is 2.76. The number of hydrogen-bond acceptors (Lipinski definition) is 2. The third kappa shape index (κ3) is 2.55. The number of halogens is 3. The molecule has 20 heavy (non-hydrogen) atoms. The van der Waals surface area contributed by atoms with E-state index in [1.54, 1.807) is 6.07 Å². The van der Waals surface area contributed by atoms with Crippen LogP contribution in [-0.4, -0.2) is 15.0 Å². The van der Waals surface area contributed by atoms with Gasteiger partial charge in [0.1, 0.15) is 5.52 Å². The zero-order valence-corrected chi connectivity index (χ0v) is 13.7. The van der Waals surface area contributed by atoms with E-state index in [-0.39, 0.29) is 0 Å². The first-order valence-electron chi connectivity index (χ1n) is 5.98. The average molecular weight is 371 g/mol. The molecule has 2 aromatic carbocycles. The Bertz CT molecular complexity index is 798. The molecule has 0 unspecified atom stereocenters. The number of fused-ring (bicyclic) bond motifs is 1. The largest absolute Gasteiger partial charge is 0.240 e. The maximum Gasteiger partial charge on any atom is 0.116 e. The summed E-state index contributed by atoms with van der Waals surface area (Å²) in [4.78, 5) is 0. The minimum absolute atomic E-state index is 0.558. The molecule has 0 saturated heterocycles. The van der Waals surface area contributed by atoms with Crippen LogP contribution in [0.15, 0.2) is 34.8 Å². The van der Waals surface area contributed by atoms with Crippen LogP contribution in [0.25, 0.3) is 11.0 Å². The summed E-state index contributed by atoms with van der Waals surface area (Å²) in [6.07, 6.45) is 0. The Labute approximate surface area is 134 Å². The Balaban J connectivity index is 2.07. The van der Waals surface area contributed by atoms with Crippen molar-refractivity contribution in [2.24, 2.45) is 0 Å². The van der Waals surface area contributed by atoms with Gasteiger partial charge in [0, 0.05) is 14.5 Å². The summed E-state index contributed by atoms with van der Waals surface area (Å²) >= 11 is 15.6. The quantitative estimate of drug-likeness (QED) is 0.645. The second-order valence-corrected chi connectivity index (χ2v) is 6.33. The lowest BCUT2D eigenvalue weighted by Gasteiger charge is -2.06. The molecule has 0 amide bonds. The lowest BCUT2D eigenvalue weighted by molar-refractivity contribution is 0.670. The van der Waals surface area contributed by atoms with E-state index >= 15 is 0 Å². The number of aryl methyl sites for hydroxylation is 1. The predicted molar refractivity (Wildman–Crippen MR) is 85.5 cm³/mol. The highest BCUT2D eigenvalue weighted by molar-refractivity contribution is 9.10. The molecular weight excluding hydrogens is 361 g/mol. The van der Waals surface area contributed by atoms with E-state index in [0.717, 1.165) is 26.6 Å². The lowest BCUT2D eigenvalue weighted by Crippen LogP contribution is -2.02. The molecule has 3 aromatic rings. The molecule has 0 N–H and O–H groups in total. The van der Waals surface area contributed by atoms with E-state index in [0.29, 0.717) is 16.6 Å². The second-order valence-electron chi connectivity index (χ2n) is 4.57. The smallest absolute Gasteiger partial charge is 0.116 e. The standard InChI is InChI=1S/C14H10BrCl2N3/c1-8-4-10(15)5-13-14(8)18-19-20(13)7-9-2-3-11(16)6-12(9)17/h2-6H,7H2,1H3. The molecule has 3 rings (SSSR count). The van der Waals surface area contributed by atoms with Gasteiger partial charge < -0.3 is 0 Å². The molecule has 0 aliphatic carbocycles. The highest BCUT2D eigenvalue weighted by atomic mass is 79.9. The predicted octanol–water partition coefficient (Wildman–Crippen LogP) is 4.86. The molecule has 0 atom stereocenters. The van der Waals surface area contributed by atoms with Gasteiger partial charge >= 0.3 is 0 Å². The van der Waals surface area contributed by atoms with Crippen LogP contribution in [0.3, 0.4) is 0 Å². The molecule has 0 saturated carbocycles. The fraction of sp³-hybridized carbons (Fsp3) is 0.143. The van der Waals surface area contributed by atoms with Crippen LogP contribution < -0.4 is 0 Å². The van der Waals surface area contributed by atoms with Crippen LogP contribution in [0, 0.1) is 6.92 Å². The van der Waals surface area contributed by atoms with Crippen LogP contribution in [0.1, 0.15) is 11.1 Å². The molecule has 1 aromatic heterocycles. The lowest BCUT2D eigenvalue weighted by atomic mass is 10.2. The monoisotopic (exact) mass is 369 g/mol. The Kier molecular flexibility index (Phi) is 3.71. The molecule has 0 radical (unpaired) electrons. The van der Waals surface area contributed by atoms with Crippen molar-refractivity contribution in [1.82, 2.24) is 15.0 Å². The van der Waals surface area contributed by atoms with Crippen LogP contribution in [0.5, 0.6) is 0 Å². The van der Waals surface area contributed by atoms with Crippen molar-refractivity contribution in [3.63, 3.8) is 0 Å². The zero-order valence-electron chi connectivity index (χ0n) is 10.6. The van der Waals surface area contributed by atoms with Gasteiger partial charge in [-0.15, -0.1) is 5.10 Å². The van der Waals surface area contributed by atoms with Crippen molar-refractivity contribution in [2.45, 2.75) is 13.5 Å². The molecule has 1 heterocycles. The SMILES string of the molecule is Cc1cc(Br)cc2c1nnn2Cc1ccc(Cl)cc1Cl. The third-order valence-corrected chi connectivity index (χ3v) is 4.16. The number of benzene rings is 2. The van der Waals surface area contributed by atoms with Gasteiger partial charge in [0.05, 0.1) is 12.1 Å². The summed E-state index contributed by atoms with van der Waals surface area (Å²) < 4.78 is 2.84. The van der Waals surface area contributed by atoms with E-state index in [1.165, 1.54) is 0 Å². The molecule has 0 fully saturated rings. The molecular formula is C14H10BrCl2N3. The van der Waals surface area contributed by atoms with Gasteiger partial charge in [-0.2, -0.15) is 0 Å². The van der Waals surface area contributed by atoms with Crippen molar-refractivity contribution in [3.05, 3.63) is 56.0 Å². The van der Waals surface area contributed by atoms with Crippen LogP contribution >= 0.6 is 39.1 Å². The molecule has 3 nitrogen and oxygen atoms in total. The van der Waals surface area contributed by atoms with Gasteiger partial charge in [-0.3, -0.25) is 0 Å². The minimum atomic E-state index is 0.558. The van der Waals surface area contributed by atoms with E-state index in [2.05, 4.69) is 26.2 Å². The van der Waals surface area contributed by atoms with Crippen molar-refractivity contribution in [2.75, 3.05) is 0 Å². The van der Waals surface area contributed by atoms with Gasteiger partial charge in [0.25, 0.3) is 0 Å². The number of rotatable bonds is 2. The Morgan fingerprint density at radius 2 is 2.00 bits per heavy atom. The first kappa shape index (κ1) is 13.9. The summed E-state index contributed by atoms with van der Waals surface area (Å²) in [5.74, 6) is 0. The Hall–Kier alpha value is -1.10. The molecule has 0 spiro atoms. The van der Waals surface area contributed by atoms with Gasteiger partial charge in [-0.25, -0.2) is 4.68 Å². The topological polar surface area (TPSA) is 30.7 Å². The fourth-order valence-electron chi connectivity index (χ4n) is 2.12. The molecule has 0 aliphatic rings. The number of hydrogen-bond donors (Lipinski definition) is 0. The van der Waals surface area contributed by atoms with Crippen LogP contribution in [0.2, 0.25) is 10.0 Å². The van der Waals surface area contributed by atoms with Crippen LogP contribution in [-0.2, 0) is 6.54 Å². The van der Waals surface area contributed by atoms with Crippen LogP contribution in [0.4, 0.5) is 0 Å². The number of nitrogens with zero attached hydrogens (tertiary/aromatic N) is 3. The van der Waals surface area contributed by atoms with Gasteiger partial charge in [0.2, 0.25) is 0 Å². The van der Waals surface area contributed by atoms with Gasteiger partial charge in [0.15, 0.2) is 0 Å².